The second kappa shape index (κ2) is 6.94. The van der Waals surface area contributed by atoms with E-state index >= 15 is 0 Å². The Labute approximate surface area is 119 Å². The van der Waals surface area contributed by atoms with Crippen molar-refractivity contribution in [2.75, 3.05) is 19.8 Å². The Morgan fingerprint density at radius 2 is 2.15 bits per heavy atom. The summed E-state index contributed by atoms with van der Waals surface area (Å²) in [6.07, 6.45) is -4.14. The Kier molecular flexibility index (Phi) is 5.82. The molecule has 0 bridgehead atoms. The van der Waals surface area contributed by atoms with Crippen LogP contribution in [0.2, 0.25) is 5.02 Å². The molecule has 0 aliphatic heterocycles. The normalized spacial score (nSPS) is 11.7. The van der Waals surface area contributed by atoms with E-state index in [1.165, 1.54) is 7.05 Å². The van der Waals surface area contributed by atoms with Gasteiger partial charge in [-0.05, 0) is 13.3 Å². The molecule has 0 aliphatic carbocycles. The maximum absolute atomic E-state index is 12.6. The van der Waals surface area contributed by atoms with E-state index in [2.05, 4.69) is 10.4 Å². The molecule has 5 nitrogen and oxygen atoms in total. The summed E-state index contributed by atoms with van der Waals surface area (Å²) in [5, 5.41) is 5.01. The summed E-state index contributed by atoms with van der Waals surface area (Å²) in [7, 11) is 1.23. The molecule has 0 spiro atoms. The largest absolute Gasteiger partial charge is 0.436 e. The third-order valence-corrected chi connectivity index (χ3v) is 2.79. The number of amides is 1. The average Bonchev–Trinajstić information content (AvgIpc) is 2.64. The zero-order chi connectivity index (χ0) is 15.3. The molecule has 114 valence electrons. The second-order valence-corrected chi connectivity index (χ2v) is 4.32. The molecule has 0 fully saturated rings. The lowest BCUT2D eigenvalue weighted by atomic mass is 10.3. The van der Waals surface area contributed by atoms with E-state index in [4.69, 9.17) is 16.3 Å². The molecule has 1 aromatic rings. The number of carbonyl (C=O) groups is 1. The first-order valence-electron chi connectivity index (χ1n) is 5.94. The van der Waals surface area contributed by atoms with Gasteiger partial charge >= 0.3 is 6.18 Å². The fraction of sp³-hybridized carbons (Fsp3) is 0.636. The zero-order valence-corrected chi connectivity index (χ0v) is 11.8. The molecule has 9 heteroatoms. The molecule has 0 saturated carbocycles. The van der Waals surface area contributed by atoms with Crippen molar-refractivity contribution in [2.24, 2.45) is 7.05 Å². The molecular weight excluding hydrogens is 299 g/mol. The van der Waals surface area contributed by atoms with Crippen LogP contribution in [0.15, 0.2) is 0 Å². The van der Waals surface area contributed by atoms with E-state index in [0.717, 1.165) is 4.68 Å². The lowest BCUT2D eigenvalue weighted by molar-refractivity contribution is -0.141. The van der Waals surface area contributed by atoms with Crippen LogP contribution in [0.5, 0.6) is 0 Å². The van der Waals surface area contributed by atoms with Gasteiger partial charge in [0, 0.05) is 26.8 Å². The molecule has 1 heterocycles. The van der Waals surface area contributed by atoms with Gasteiger partial charge in [0.2, 0.25) is 0 Å². The smallest absolute Gasteiger partial charge is 0.382 e. The van der Waals surface area contributed by atoms with E-state index in [0.29, 0.717) is 19.6 Å². The highest BCUT2D eigenvalue weighted by atomic mass is 35.5. The molecule has 1 N–H and O–H groups in total. The Hall–Kier alpha value is -1.28. The lowest BCUT2D eigenvalue weighted by Crippen LogP contribution is -2.27. The summed E-state index contributed by atoms with van der Waals surface area (Å²) < 4.78 is 43.7. The minimum Gasteiger partial charge on any atom is -0.382 e. The molecule has 0 radical (unpaired) electrons. The standard InChI is InChI=1S/C11H15ClF3N3O2/c1-3-20-6-4-5-16-10(19)8-7(12)9(11(13,14)15)17-18(8)2/h3-6H2,1-2H3,(H,16,19). The topological polar surface area (TPSA) is 56.1 Å². The zero-order valence-electron chi connectivity index (χ0n) is 11.1. The molecule has 0 aromatic carbocycles. The number of halogens is 4. The van der Waals surface area contributed by atoms with Crippen LogP contribution < -0.4 is 5.32 Å². The first kappa shape index (κ1) is 16.8. The number of alkyl halides is 3. The lowest BCUT2D eigenvalue weighted by Gasteiger charge is -2.06. The number of carbonyl (C=O) groups excluding carboxylic acids is 1. The molecule has 0 saturated heterocycles. The Morgan fingerprint density at radius 1 is 1.50 bits per heavy atom. The highest BCUT2D eigenvalue weighted by molar-refractivity contribution is 6.34. The van der Waals surface area contributed by atoms with Crippen molar-refractivity contribution in [1.29, 1.82) is 0 Å². The number of ether oxygens (including phenoxy) is 1. The fourth-order valence-electron chi connectivity index (χ4n) is 1.53. The maximum atomic E-state index is 12.6. The van der Waals surface area contributed by atoms with Crippen LogP contribution >= 0.6 is 11.6 Å². The monoisotopic (exact) mass is 313 g/mol. The van der Waals surface area contributed by atoms with Crippen molar-refractivity contribution in [2.45, 2.75) is 19.5 Å². The van der Waals surface area contributed by atoms with Gasteiger partial charge in [-0.2, -0.15) is 18.3 Å². The number of nitrogens with zero attached hydrogens (tertiary/aromatic N) is 2. The highest BCUT2D eigenvalue weighted by Gasteiger charge is 2.39. The van der Waals surface area contributed by atoms with E-state index in [9.17, 15) is 18.0 Å². The van der Waals surface area contributed by atoms with Crippen LogP contribution in [0.4, 0.5) is 13.2 Å². The van der Waals surface area contributed by atoms with Crippen molar-refractivity contribution in [1.82, 2.24) is 15.1 Å². The fourth-order valence-corrected chi connectivity index (χ4v) is 1.88. The molecule has 1 rings (SSSR count). The number of nitrogens with one attached hydrogen (secondary N) is 1. The number of aryl methyl sites for hydroxylation is 1. The van der Waals surface area contributed by atoms with Crippen molar-refractivity contribution in [3.63, 3.8) is 0 Å². The molecule has 20 heavy (non-hydrogen) atoms. The number of hydrogen-bond acceptors (Lipinski definition) is 3. The van der Waals surface area contributed by atoms with Gasteiger partial charge < -0.3 is 10.1 Å². The van der Waals surface area contributed by atoms with Crippen molar-refractivity contribution >= 4 is 17.5 Å². The van der Waals surface area contributed by atoms with Crippen LogP contribution in [-0.2, 0) is 18.0 Å². The van der Waals surface area contributed by atoms with Gasteiger partial charge in [0.15, 0.2) is 5.69 Å². The molecule has 1 amide bonds. The van der Waals surface area contributed by atoms with Crippen LogP contribution in [0.25, 0.3) is 0 Å². The summed E-state index contributed by atoms with van der Waals surface area (Å²) in [6.45, 7) is 3.15. The molecule has 0 atom stereocenters. The van der Waals surface area contributed by atoms with Gasteiger partial charge in [0.05, 0.1) is 0 Å². The first-order chi connectivity index (χ1) is 9.29. The highest BCUT2D eigenvalue weighted by Crippen LogP contribution is 2.35. The third-order valence-electron chi connectivity index (χ3n) is 2.43. The number of aromatic nitrogens is 2. The first-order valence-corrected chi connectivity index (χ1v) is 6.32. The summed E-state index contributed by atoms with van der Waals surface area (Å²) >= 11 is 5.58. The van der Waals surface area contributed by atoms with Gasteiger partial charge in [0.1, 0.15) is 10.7 Å². The van der Waals surface area contributed by atoms with E-state index in [1.54, 1.807) is 0 Å². The van der Waals surface area contributed by atoms with Crippen molar-refractivity contribution in [3.8, 4) is 0 Å². The van der Waals surface area contributed by atoms with Gasteiger partial charge in [-0.25, -0.2) is 0 Å². The SMILES string of the molecule is CCOCCCNC(=O)c1c(Cl)c(C(F)(F)F)nn1C. The third kappa shape index (κ3) is 4.11. The van der Waals surface area contributed by atoms with Crippen LogP contribution in [0.3, 0.4) is 0 Å². The van der Waals surface area contributed by atoms with Crippen LogP contribution in [0, 0.1) is 0 Å². The quantitative estimate of drug-likeness (QED) is 0.820. The molecular formula is C11H15ClF3N3O2. The molecule has 0 aliphatic rings. The Bertz CT molecular complexity index is 474. The second-order valence-electron chi connectivity index (χ2n) is 3.94. The maximum Gasteiger partial charge on any atom is 0.436 e. The minimum atomic E-state index is -4.69. The van der Waals surface area contributed by atoms with Crippen molar-refractivity contribution in [3.05, 3.63) is 16.4 Å². The predicted octanol–water partition coefficient (Wildman–Crippen LogP) is 2.25. The number of hydrogen-bond donors (Lipinski definition) is 1. The van der Waals surface area contributed by atoms with E-state index in [-0.39, 0.29) is 12.2 Å². The minimum absolute atomic E-state index is 0.279. The van der Waals surface area contributed by atoms with Gasteiger partial charge in [-0.1, -0.05) is 11.6 Å². The van der Waals surface area contributed by atoms with E-state index in [1.807, 2.05) is 6.92 Å². The average molecular weight is 314 g/mol. The molecule has 1 aromatic heterocycles. The predicted molar refractivity (Wildman–Crippen MR) is 66.7 cm³/mol. The van der Waals surface area contributed by atoms with E-state index < -0.39 is 22.8 Å². The summed E-state index contributed by atoms with van der Waals surface area (Å²) in [5.41, 5.74) is -1.57. The molecule has 0 unspecified atom stereocenters. The van der Waals surface area contributed by atoms with Gasteiger partial charge in [-0.3, -0.25) is 9.48 Å². The van der Waals surface area contributed by atoms with Gasteiger partial charge in [0.25, 0.3) is 5.91 Å². The van der Waals surface area contributed by atoms with Crippen molar-refractivity contribution < 1.29 is 22.7 Å². The summed E-state index contributed by atoms with van der Waals surface area (Å²) in [6, 6.07) is 0. The summed E-state index contributed by atoms with van der Waals surface area (Å²) in [4.78, 5) is 11.8. The summed E-state index contributed by atoms with van der Waals surface area (Å²) in [5.74, 6) is -0.697. The Balaban J connectivity index is 2.72. The van der Waals surface area contributed by atoms with Gasteiger partial charge in [-0.15, -0.1) is 0 Å². The van der Waals surface area contributed by atoms with Crippen LogP contribution in [0.1, 0.15) is 29.5 Å². The van der Waals surface area contributed by atoms with Crippen LogP contribution in [-0.4, -0.2) is 35.4 Å². The Morgan fingerprint density at radius 3 is 2.65 bits per heavy atom. The number of rotatable bonds is 6.